The summed E-state index contributed by atoms with van der Waals surface area (Å²) in [4.78, 5) is 10.9. The number of carbonyl (C=O) groups is 1. The molecule has 0 spiro atoms. The zero-order valence-corrected chi connectivity index (χ0v) is 10.2. The Morgan fingerprint density at radius 2 is 2.00 bits per heavy atom. The second-order valence-electron chi connectivity index (χ2n) is 4.30. The van der Waals surface area contributed by atoms with Gasteiger partial charge in [-0.15, -0.1) is 0 Å². The summed E-state index contributed by atoms with van der Waals surface area (Å²) >= 11 is 0. The van der Waals surface area contributed by atoms with E-state index in [1.807, 2.05) is 27.0 Å². The molecule has 0 saturated carbocycles. The van der Waals surface area contributed by atoms with Crippen LogP contribution < -0.4 is 0 Å². The minimum atomic E-state index is 0.280. The van der Waals surface area contributed by atoms with Crippen LogP contribution in [0.2, 0.25) is 0 Å². The molecule has 0 N–H and O–H groups in total. The predicted molar refractivity (Wildman–Crippen MR) is 63.8 cm³/mol. The van der Waals surface area contributed by atoms with Crippen LogP contribution in [-0.2, 0) is 11.8 Å². The van der Waals surface area contributed by atoms with Crippen molar-refractivity contribution in [1.29, 1.82) is 0 Å². The lowest BCUT2D eigenvalue weighted by atomic mass is 10.0. The van der Waals surface area contributed by atoms with E-state index in [1.165, 1.54) is 11.4 Å². The molecule has 0 aliphatic heterocycles. The lowest BCUT2D eigenvalue weighted by Gasteiger charge is -2.03. The Kier molecular flexibility index (Phi) is 3.51. The third-order valence-electron chi connectivity index (χ3n) is 2.94. The third kappa shape index (κ3) is 2.38. The second kappa shape index (κ2) is 4.47. The zero-order chi connectivity index (χ0) is 11.6. The van der Waals surface area contributed by atoms with E-state index < -0.39 is 0 Å². The number of hydrogen-bond donors (Lipinski definition) is 0. The van der Waals surface area contributed by atoms with Crippen molar-refractivity contribution in [2.24, 2.45) is 13.0 Å². The second-order valence-corrected chi connectivity index (χ2v) is 4.30. The van der Waals surface area contributed by atoms with Gasteiger partial charge in [-0.25, -0.2) is 0 Å². The fourth-order valence-corrected chi connectivity index (χ4v) is 1.55. The van der Waals surface area contributed by atoms with Gasteiger partial charge in [0.05, 0.1) is 0 Å². The van der Waals surface area contributed by atoms with Gasteiger partial charge in [0, 0.05) is 18.4 Å². The van der Waals surface area contributed by atoms with Gasteiger partial charge in [-0.1, -0.05) is 13.8 Å². The van der Waals surface area contributed by atoms with Crippen LogP contribution in [0.4, 0.5) is 0 Å². The van der Waals surface area contributed by atoms with Crippen molar-refractivity contribution in [3.05, 3.63) is 28.6 Å². The normalized spacial score (nSPS) is 12.3. The molecule has 15 heavy (non-hydrogen) atoms. The zero-order valence-electron chi connectivity index (χ0n) is 10.2. The Hall–Kier alpha value is -1.31. The maximum absolute atomic E-state index is 10.9. The van der Waals surface area contributed by atoms with Gasteiger partial charge in [-0.05, 0) is 43.0 Å². The Morgan fingerprint density at radius 1 is 1.40 bits per heavy atom. The first-order valence-corrected chi connectivity index (χ1v) is 5.27. The minimum absolute atomic E-state index is 0.280. The van der Waals surface area contributed by atoms with Crippen molar-refractivity contribution in [3.8, 4) is 0 Å². The highest BCUT2D eigenvalue weighted by Crippen LogP contribution is 2.18. The molecule has 1 aromatic rings. The summed E-state index contributed by atoms with van der Waals surface area (Å²) in [5.74, 6) is 0.280. The topological polar surface area (TPSA) is 22.0 Å². The van der Waals surface area contributed by atoms with Crippen molar-refractivity contribution in [2.75, 3.05) is 0 Å². The standard InChI is InChI=1S/C13H19NO/c1-9(2)13(8-15)7-12-6-10(3)14(5)11(12)4/h6-9H,1-5H3. The van der Waals surface area contributed by atoms with Gasteiger partial charge in [0.15, 0.2) is 0 Å². The van der Waals surface area contributed by atoms with E-state index in [9.17, 15) is 4.79 Å². The van der Waals surface area contributed by atoms with E-state index in [0.29, 0.717) is 0 Å². The van der Waals surface area contributed by atoms with E-state index in [2.05, 4.69) is 24.5 Å². The predicted octanol–water partition coefficient (Wildman–Crippen LogP) is 2.88. The minimum Gasteiger partial charge on any atom is -0.352 e. The number of carbonyl (C=O) groups excluding carboxylic acids is 1. The van der Waals surface area contributed by atoms with E-state index >= 15 is 0 Å². The first-order chi connectivity index (χ1) is 6.97. The monoisotopic (exact) mass is 205 g/mol. The number of rotatable bonds is 3. The summed E-state index contributed by atoms with van der Waals surface area (Å²) in [7, 11) is 2.04. The van der Waals surface area contributed by atoms with E-state index in [0.717, 1.165) is 17.4 Å². The van der Waals surface area contributed by atoms with Gasteiger partial charge < -0.3 is 4.57 Å². The molecule has 1 aromatic heterocycles. The van der Waals surface area contributed by atoms with Crippen LogP contribution in [0.3, 0.4) is 0 Å². The highest BCUT2D eigenvalue weighted by atomic mass is 16.1. The molecule has 0 aliphatic carbocycles. The number of aryl methyl sites for hydroxylation is 1. The molecule has 1 rings (SSSR count). The maximum Gasteiger partial charge on any atom is 0.146 e. The summed E-state index contributed by atoms with van der Waals surface area (Å²) in [5.41, 5.74) is 4.41. The summed E-state index contributed by atoms with van der Waals surface area (Å²) in [6.45, 7) is 8.21. The van der Waals surface area contributed by atoms with Gasteiger partial charge in [0.1, 0.15) is 6.29 Å². The molecule has 1 heterocycles. The molecule has 2 heteroatoms. The van der Waals surface area contributed by atoms with Crippen LogP contribution in [-0.4, -0.2) is 10.9 Å². The molecule has 82 valence electrons. The van der Waals surface area contributed by atoms with Gasteiger partial charge in [-0.2, -0.15) is 0 Å². The van der Waals surface area contributed by atoms with Crippen LogP contribution in [0.15, 0.2) is 11.6 Å². The molecule has 0 amide bonds. The van der Waals surface area contributed by atoms with E-state index in [4.69, 9.17) is 0 Å². The van der Waals surface area contributed by atoms with Crippen molar-refractivity contribution in [3.63, 3.8) is 0 Å². The molecule has 0 aliphatic rings. The molecule has 0 aromatic carbocycles. The quantitative estimate of drug-likeness (QED) is 0.549. The van der Waals surface area contributed by atoms with Crippen molar-refractivity contribution in [2.45, 2.75) is 27.7 Å². The summed E-state index contributed by atoms with van der Waals surface area (Å²) < 4.78 is 2.13. The highest BCUT2D eigenvalue weighted by Gasteiger charge is 2.07. The maximum atomic E-state index is 10.9. The first-order valence-electron chi connectivity index (χ1n) is 5.27. The molecule has 0 atom stereocenters. The fourth-order valence-electron chi connectivity index (χ4n) is 1.55. The lowest BCUT2D eigenvalue weighted by Crippen LogP contribution is -1.96. The molecule has 0 fully saturated rings. The highest BCUT2D eigenvalue weighted by molar-refractivity contribution is 5.82. The number of allylic oxidation sites excluding steroid dienone is 1. The van der Waals surface area contributed by atoms with E-state index in [-0.39, 0.29) is 5.92 Å². The largest absolute Gasteiger partial charge is 0.352 e. The van der Waals surface area contributed by atoms with Crippen molar-refractivity contribution in [1.82, 2.24) is 4.57 Å². The van der Waals surface area contributed by atoms with Crippen molar-refractivity contribution < 1.29 is 4.79 Å². The van der Waals surface area contributed by atoms with Gasteiger partial charge in [-0.3, -0.25) is 4.79 Å². The van der Waals surface area contributed by atoms with Crippen LogP contribution >= 0.6 is 0 Å². The smallest absolute Gasteiger partial charge is 0.146 e. The van der Waals surface area contributed by atoms with Crippen LogP contribution in [0.25, 0.3) is 6.08 Å². The summed E-state index contributed by atoms with van der Waals surface area (Å²) in [6.07, 6.45) is 2.94. The fraction of sp³-hybridized carbons (Fsp3) is 0.462. The number of hydrogen-bond acceptors (Lipinski definition) is 1. The molecular formula is C13H19NO. The van der Waals surface area contributed by atoms with E-state index in [1.54, 1.807) is 0 Å². The molecule has 0 radical (unpaired) electrons. The average Bonchev–Trinajstić information content (AvgIpc) is 2.42. The number of nitrogens with zero attached hydrogens (tertiary/aromatic N) is 1. The molecule has 0 bridgehead atoms. The Morgan fingerprint density at radius 3 is 2.33 bits per heavy atom. The average molecular weight is 205 g/mol. The first kappa shape index (κ1) is 11.8. The molecule has 2 nitrogen and oxygen atoms in total. The Balaban J connectivity index is 3.17. The summed E-state index contributed by atoms with van der Waals surface area (Å²) in [6, 6.07) is 2.11. The van der Waals surface area contributed by atoms with Crippen LogP contribution in [0.1, 0.15) is 30.8 Å². The SMILES string of the molecule is Cc1cc(C=C(C=O)C(C)C)c(C)n1C. The molecule has 0 saturated heterocycles. The number of aromatic nitrogens is 1. The van der Waals surface area contributed by atoms with Gasteiger partial charge in [0.25, 0.3) is 0 Å². The molecular weight excluding hydrogens is 186 g/mol. The number of aldehydes is 1. The molecule has 0 unspecified atom stereocenters. The lowest BCUT2D eigenvalue weighted by molar-refractivity contribution is -0.105. The van der Waals surface area contributed by atoms with Crippen molar-refractivity contribution >= 4 is 12.4 Å². The van der Waals surface area contributed by atoms with Gasteiger partial charge >= 0.3 is 0 Å². The Bertz CT molecular complexity index is 397. The van der Waals surface area contributed by atoms with Gasteiger partial charge in [0.2, 0.25) is 0 Å². The third-order valence-corrected chi connectivity index (χ3v) is 2.94. The van der Waals surface area contributed by atoms with Crippen LogP contribution in [0.5, 0.6) is 0 Å². The summed E-state index contributed by atoms with van der Waals surface area (Å²) in [5, 5.41) is 0. The van der Waals surface area contributed by atoms with Crippen LogP contribution in [0, 0.1) is 19.8 Å². The Labute approximate surface area is 91.6 Å².